The summed E-state index contributed by atoms with van der Waals surface area (Å²) in [6.45, 7) is 1.83. The fourth-order valence-corrected chi connectivity index (χ4v) is 4.97. The molecule has 0 saturated heterocycles. The van der Waals surface area contributed by atoms with Gasteiger partial charge in [-0.05, 0) is 31.2 Å². The molecule has 4 aromatic rings. The van der Waals surface area contributed by atoms with E-state index in [9.17, 15) is 10.1 Å². The second kappa shape index (κ2) is 9.81. The Kier molecular flexibility index (Phi) is 6.68. The van der Waals surface area contributed by atoms with Gasteiger partial charge in [0, 0.05) is 11.1 Å². The van der Waals surface area contributed by atoms with Crippen LogP contribution in [0.1, 0.15) is 20.9 Å². The highest BCUT2D eigenvalue weighted by Crippen LogP contribution is 2.31. The van der Waals surface area contributed by atoms with Gasteiger partial charge in [0.05, 0.1) is 29.1 Å². The predicted molar refractivity (Wildman–Crippen MR) is 130 cm³/mol. The molecule has 0 spiro atoms. The molecule has 0 aliphatic carbocycles. The SMILES string of the molecule is COc1ccc(-c2nc(SCC(=O)c3sc(-c4ccccc4)nc3C)nc(N)c2C#N)cc1. The van der Waals surface area contributed by atoms with Crippen molar-refractivity contribution in [1.29, 1.82) is 5.26 Å². The Morgan fingerprint density at radius 1 is 1.09 bits per heavy atom. The summed E-state index contributed by atoms with van der Waals surface area (Å²) in [6.07, 6.45) is 0. The summed E-state index contributed by atoms with van der Waals surface area (Å²) >= 11 is 2.55. The third kappa shape index (κ3) is 4.87. The summed E-state index contributed by atoms with van der Waals surface area (Å²) < 4.78 is 5.19. The van der Waals surface area contributed by atoms with Crippen molar-refractivity contribution >= 4 is 34.7 Å². The number of ether oxygens (including phenoxy) is 1. The Hall–Kier alpha value is -3.74. The van der Waals surface area contributed by atoms with Crippen LogP contribution in [-0.4, -0.2) is 33.6 Å². The molecular formula is C24H19N5O2S2. The number of hydrogen-bond donors (Lipinski definition) is 1. The van der Waals surface area contributed by atoms with E-state index in [0.29, 0.717) is 32.7 Å². The van der Waals surface area contributed by atoms with Gasteiger partial charge in [-0.25, -0.2) is 15.0 Å². The number of thiazole rings is 1. The third-order valence-corrected chi connectivity index (χ3v) is 6.89. The largest absolute Gasteiger partial charge is 0.497 e. The van der Waals surface area contributed by atoms with E-state index in [2.05, 4.69) is 21.0 Å². The first-order valence-corrected chi connectivity index (χ1v) is 11.7. The van der Waals surface area contributed by atoms with Crippen molar-refractivity contribution in [2.75, 3.05) is 18.6 Å². The lowest BCUT2D eigenvalue weighted by molar-refractivity contribution is 0.102. The fourth-order valence-electron chi connectivity index (χ4n) is 3.14. The standard InChI is InChI=1S/C24H19N5O2S2/c1-14-21(33-23(27-14)16-6-4-3-5-7-16)19(30)13-32-24-28-20(18(12-25)22(26)29-24)15-8-10-17(31-2)11-9-15/h3-11H,13H2,1-2H3,(H2,26,28,29). The number of thioether (sulfide) groups is 1. The number of carbonyl (C=O) groups is 1. The molecule has 9 heteroatoms. The average Bonchev–Trinajstić information content (AvgIpc) is 3.24. The van der Waals surface area contributed by atoms with Crippen LogP contribution in [0.2, 0.25) is 0 Å². The second-order valence-corrected chi connectivity index (χ2v) is 8.91. The zero-order chi connectivity index (χ0) is 23.4. The Morgan fingerprint density at radius 3 is 2.48 bits per heavy atom. The molecule has 7 nitrogen and oxygen atoms in total. The minimum absolute atomic E-state index is 0.0605. The van der Waals surface area contributed by atoms with Crippen LogP contribution in [0.5, 0.6) is 5.75 Å². The van der Waals surface area contributed by atoms with Gasteiger partial charge in [-0.3, -0.25) is 4.79 Å². The van der Waals surface area contributed by atoms with Gasteiger partial charge < -0.3 is 10.5 Å². The number of benzene rings is 2. The lowest BCUT2D eigenvalue weighted by Crippen LogP contribution is -2.06. The van der Waals surface area contributed by atoms with E-state index in [4.69, 9.17) is 10.5 Å². The first kappa shape index (κ1) is 22.5. The zero-order valence-electron chi connectivity index (χ0n) is 17.9. The predicted octanol–water partition coefficient (Wildman–Crippen LogP) is 5.01. The summed E-state index contributed by atoms with van der Waals surface area (Å²) in [6, 6.07) is 19.0. The monoisotopic (exact) mass is 473 g/mol. The Labute approximate surface area is 199 Å². The smallest absolute Gasteiger partial charge is 0.190 e. The van der Waals surface area contributed by atoms with Crippen molar-refractivity contribution < 1.29 is 9.53 Å². The lowest BCUT2D eigenvalue weighted by atomic mass is 10.1. The lowest BCUT2D eigenvalue weighted by Gasteiger charge is -2.09. The number of Topliss-reactive ketones (excluding diaryl/α,β-unsaturated/α-hetero) is 1. The normalized spacial score (nSPS) is 10.6. The summed E-state index contributed by atoms with van der Waals surface area (Å²) in [5.41, 5.74) is 9.03. The maximum atomic E-state index is 12.9. The summed E-state index contributed by atoms with van der Waals surface area (Å²) in [5, 5.41) is 10.7. The quantitative estimate of drug-likeness (QED) is 0.226. The highest BCUT2D eigenvalue weighted by molar-refractivity contribution is 7.99. The van der Waals surface area contributed by atoms with Crippen LogP contribution < -0.4 is 10.5 Å². The number of nitrogens with two attached hydrogens (primary N) is 1. The zero-order valence-corrected chi connectivity index (χ0v) is 19.5. The highest BCUT2D eigenvalue weighted by Gasteiger charge is 2.19. The number of rotatable bonds is 7. The number of anilines is 1. The van der Waals surface area contributed by atoms with Crippen LogP contribution in [0.25, 0.3) is 21.8 Å². The molecule has 0 saturated carbocycles. The number of carbonyl (C=O) groups excluding carboxylic acids is 1. The summed E-state index contributed by atoms with van der Waals surface area (Å²) in [5.74, 6) is 0.836. The van der Waals surface area contributed by atoms with E-state index in [-0.39, 0.29) is 22.9 Å². The van der Waals surface area contributed by atoms with Gasteiger partial charge in [0.1, 0.15) is 28.2 Å². The molecule has 0 fully saturated rings. The Bertz CT molecular complexity index is 1350. The van der Waals surface area contributed by atoms with Gasteiger partial charge >= 0.3 is 0 Å². The van der Waals surface area contributed by atoms with E-state index in [1.807, 2.05) is 37.3 Å². The van der Waals surface area contributed by atoms with Crippen LogP contribution >= 0.6 is 23.1 Å². The molecule has 2 aromatic heterocycles. The van der Waals surface area contributed by atoms with Crippen molar-refractivity contribution in [3.63, 3.8) is 0 Å². The molecule has 2 aromatic carbocycles. The number of hydrogen-bond acceptors (Lipinski definition) is 9. The average molecular weight is 474 g/mol. The number of nitriles is 1. The van der Waals surface area contributed by atoms with Crippen LogP contribution in [-0.2, 0) is 0 Å². The van der Waals surface area contributed by atoms with E-state index in [0.717, 1.165) is 10.6 Å². The van der Waals surface area contributed by atoms with Gasteiger partial charge in [-0.15, -0.1) is 11.3 Å². The van der Waals surface area contributed by atoms with Crippen molar-refractivity contribution in [1.82, 2.24) is 15.0 Å². The van der Waals surface area contributed by atoms with Crippen LogP contribution in [0.3, 0.4) is 0 Å². The Balaban J connectivity index is 1.56. The molecule has 0 atom stereocenters. The number of methoxy groups -OCH3 is 1. The molecule has 2 N–H and O–H groups in total. The molecule has 0 bridgehead atoms. The van der Waals surface area contributed by atoms with Crippen LogP contribution in [0.15, 0.2) is 59.8 Å². The molecular weight excluding hydrogens is 454 g/mol. The van der Waals surface area contributed by atoms with Crippen molar-refractivity contribution in [3.8, 4) is 33.6 Å². The molecule has 2 heterocycles. The molecule has 33 heavy (non-hydrogen) atoms. The second-order valence-electron chi connectivity index (χ2n) is 6.97. The van der Waals surface area contributed by atoms with Gasteiger partial charge in [-0.2, -0.15) is 5.26 Å². The van der Waals surface area contributed by atoms with Gasteiger partial charge in [-0.1, -0.05) is 42.1 Å². The maximum Gasteiger partial charge on any atom is 0.190 e. The first-order chi connectivity index (χ1) is 16.0. The third-order valence-electron chi connectivity index (χ3n) is 4.79. The molecule has 0 unspecified atom stereocenters. The summed E-state index contributed by atoms with van der Waals surface area (Å²) in [7, 11) is 1.58. The number of nitrogen functional groups attached to an aromatic ring is 1. The number of aryl methyl sites for hydroxylation is 1. The number of aromatic nitrogens is 3. The van der Waals surface area contributed by atoms with Crippen molar-refractivity contribution in [3.05, 3.63) is 70.7 Å². The van der Waals surface area contributed by atoms with E-state index in [1.165, 1.54) is 23.1 Å². The minimum Gasteiger partial charge on any atom is -0.497 e. The molecule has 0 radical (unpaired) electrons. The highest BCUT2D eigenvalue weighted by atomic mass is 32.2. The first-order valence-electron chi connectivity index (χ1n) is 9.91. The van der Waals surface area contributed by atoms with Gasteiger partial charge in [0.15, 0.2) is 10.9 Å². The molecule has 0 aliphatic heterocycles. The fraction of sp³-hybridized carbons (Fsp3) is 0.125. The maximum absolute atomic E-state index is 12.9. The van der Waals surface area contributed by atoms with Crippen molar-refractivity contribution in [2.24, 2.45) is 0 Å². The Morgan fingerprint density at radius 2 is 1.82 bits per heavy atom. The van der Waals surface area contributed by atoms with Crippen LogP contribution in [0, 0.1) is 18.3 Å². The molecule has 0 amide bonds. The van der Waals surface area contributed by atoms with E-state index < -0.39 is 0 Å². The number of nitrogens with zero attached hydrogens (tertiary/aromatic N) is 4. The van der Waals surface area contributed by atoms with E-state index in [1.54, 1.807) is 31.4 Å². The molecule has 164 valence electrons. The van der Waals surface area contributed by atoms with Crippen molar-refractivity contribution in [2.45, 2.75) is 12.1 Å². The number of ketones is 1. The van der Waals surface area contributed by atoms with E-state index >= 15 is 0 Å². The van der Waals surface area contributed by atoms with Gasteiger partial charge in [0.2, 0.25) is 0 Å². The summed E-state index contributed by atoms with van der Waals surface area (Å²) in [4.78, 5) is 26.8. The van der Waals surface area contributed by atoms with Crippen LogP contribution in [0.4, 0.5) is 5.82 Å². The topological polar surface area (TPSA) is 115 Å². The minimum atomic E-state index is -0.0605. The van der Waals surface area contributed by atoms with Gasteiger partial charge in [0.25, 0.3) is 0 Å². The molecule has 0 aliphatic rings. The molecule has 4 rings (SSSR count).